The van der Waals surface area contributed by atoms with Crippen LogP contribution in [0.3, 0.4) is 0 Å². The molecule has 1 aliphatic heterocycles. The average molecular weight is 307 g/mol. The van der Waals surface area contributed by atoms with E-state index in [1.54, 1.807) is 18.3 Å². The van der Waals surface area contributed by atoms with Gasteiger partial charge in [0.2, 0.25) is 0 Å². The largest absolute Gasteiger partial charge is 0.506 e. The van der Waals surface area contributed by atoms with Gasteiger partial charge in [0, 0.05) is 43.5 Å². The number of rotatable bonds is 1. The van der Waals surface area contributed by atoms with Crippen molar-refractivity contribution in [2.45, 2.75) is 0 Å². The summed E-state index contributed by atoms with van der Waals surface area (Å²) in [5.41, 5.74) is 1.89. The molecule has 2 N–H and O–H groups in total. The summed E-state index contributed by atoms with van der Waals surface area (Å²) in [4.78, 5) is 18.4. The minimum Gasteiger partial charge on any atom is -0.506 e. The van der Waals surface area contributed by atoms with Crippen LogP contribution in [0, 0.1) is 11.8 Å². The molecule has 0 saturated carbocycles. The third kappa shape index (κ3) is 3.68. The molecule has 116 valence electrons. The van der Waals surface area contributed by atoms with E-state index in [1.807, 2.05) is 23.1 Å². The highest BCUT2D eigenvalue weighted by molar-refractivity contribution is 5.96. The van der Waals surface area contributed by atoms with Gasteiger partial charge in [-0.1, -0.05) is 24.0 Å². The highest BCUT2D eigenvalue weighted by atomic mass is 16.3. The van der Waals surface area contributed by atoms with Gasteiger partial charge in [0.1, 0.15) is 5.75 Å². The summed E-state index contributed by atoms with van der Waals surface area (Å²) in [5, 5.41) is 12.7. The zero-order chi connectivity index (χ0) is 16.1. The van der Waals surface area contributed by atoms with Crippen molar-refractivity contribution in [2.75, 3.05) is 26.2 Å². The molecular weight excluding hydrogens is 290 g/mol. The third-order valence-electron chi connectivity index (χ3n) is 3.63. The maximum Gasteiger partial charge on any atom is 0.255 e. The maximum atomic E-state index is 12.7. The molecule has 0 aliphatic carbocycles. The van der Waals surface area contributed by atoms with Crippen molar-refractivity contribution in [1.82, 2.24) is 15.2 Å². The van der Waals surface area contributed by atoms with Crippen molar-refractivity contribution in [3.05, 3.63) is 59.4 Å². The second kappa shape index (κ2) is 6.95. The van der Waals surface area contributed by atoms with Crippen molar-refractivity contribution < 1.29 is 9.90 Å². The number of benzene rings is 1. The lowest BCUT2D eigenvalue weighted by Crippen LogP contribution is -2.46. The smallest absolute Gasteiger partial charge is 0.255 e. The molecule has 1 aromatic heterocycles. The number of carbonyl (C=O) groups excluding carboxylic acids is 1. The van der Waals surface area contributed by atoms with Crippen LogP contribution in [0.2, 0.25) is 0 Å². The Bertz CT molecular complexity index is 771. The normalized spacial score (nSPS) is 14.0. The predicted octanol–water partition coefficient (Wildman–Crippen LogP) is 1.23. The third-order valence-corrected chi connectivity index (χ3v) is 3.63. The summed E-state index contributed by atoms with van der Waals surface area (Å²) in [6.07, 6.45) is 2.93. The Kier molecular flexibility index (Phi) is 4.55. The van der Waals surface area contributed by atoms with Gasteiger partial charge in [-0.15, -0.1) is 0 Å². The van der Waals surface area contributed by atoms with E-state index in [0.29, 0.717) is 29.8 Å². The van der Waals surface area contributed by atoms with Crippen LogP contribution in [0.1, 0.15) is 21.5 Å². The van der Waals surface area contributed by atoms with Gasteiger partial charge in [-0.2, -0.15) is 0 Å². The second-order valence-corrected chi connectivity index (χ2v) is 5.27. The summed E-state index contributed by atoms with van der Waals surface area (Å²) in [6, 6.07) is 8.88. The Morgan fingerprint density at radius 1 is 1.17 bits per heavy atom. The van der Waals surface area contributed by atoms with Crippen molar-refractivity contribution in [3.63, 3.8) is 0 Å². The molecule has 0 bridgehead atoms. The molecule has 2 heterocycles. The Balaban J connectivity index is 1.88. The zero-order valence-corrected chi connectivity index (χ0v) is 12.6. The number of aromatic hydroxyl groups is 1. The van der Waals surface area contributed by atoms with Crippen LogP contribution < -0.4 is 5.32 Å². The fourth-order valence-corrected chi connectivity index (χ4v) is 2.45. The van der Waals surface area contributed by atoms with E-state index in [2.05, 4.69) is 22.1 Å². The molecule has 1 aromatic carbocycles. The van der Waals surface area contributed by atoms with Gasteiger partial charge in [0.15, 0.2) is 0 Å². The van der Waals surface area contributed by atoms with Crippen LogP contribution in [0.15, 0.2) is 42.7 Å². The van der Waals surface area contributed by atoms with E-state index in [1.165, 1.54) is 6.20 Å². The second-order valence-electron chi connectivity index (χ2n) is 5.27. The average Bonchev–Trinajstić information content (AvgIpc) is 2.60. The Morgan fingerprint density at radius 2 is 1.96 bits per heavy atom. The summed E-state index contributed by atoms with van der Waals surface area (Å²) in [5.74, 6) is 6.03. The molecule has 23 heavy (non-hydrogen) atoms. The van der Waals surface area contributed by atoms with Gasteiger partial charge in [0.25, 0.3) is 5.91 Å². The maximum absolute atomic E-state index is 12.7. The fourth-order valence-electron chi connectivity index (χ4n) is 2.45. The Labute approximate surface area is 135 Å². The van der Waals surface area contributed by atoms with E-state index in [-0.39, 0.29) is 11.7 Å². The number of pyridine rings is 1. The first-order valence-electron chi connectivity index (χ1n) is 7.49. The van der Waals surface area contributed by atoms with Crippen LogP contribution >= 0.6 is 0 Å². The van der Waals surface area contributed by atoms with Gasteiger partial charge >= 0.3 is 0 Å². The van der Waals surface area contributed by atoms with Crippen LogP contribution in [0.25, 0.3) is 0 Å². The molecule has 5 heteroatoms. The van der Waals surface area contributed by atoms with Crippen molar-refractivity contribution in [2.24, 2.45) is 0 Å². The predicted molar refractivity (Wildman–Crippen MR) is 87.1 cm³/mol. The standard InChI is InChI=1S/C18H17N3O2/c22-16-11-14(12-20-13-16)5-6-15-3-1-2-4-17(15)18(23)21-9-7-19-8-10-21/h1-4,11-13,19,22H,7-10H2. The number of aromatic nitrogens is 1. The van der Waals surface area contributed by atoms with Gasteiger partial charge in [0.05, 0.1) is 11.8 Å². The zero-order valence-electron chi connectivity index (χ0n) is 12.6. The number of piperazine rings is 1. The van der Waals surface area contributed by atoms with E-state index < -0.39 is 0 Å². The monoisotopic (exact) mass is 307 g/mol. The van der Waals surface area contributed by atoms with Gasteiger partial charge in [-0.25, -0.2) is 0 Å². The lowest BCUT2D eigenvalue weighted by Gasteiger charge is -2.27. The molecule has 0 spiro atoms. The van der Waals surface area contributed by atoms with Gasteiger partial charge in [-0.3, -0.25) is 9.78 Å². The molecule has 1 amide bonds. The first kappa shape index (κ1) is 15.1. The summed E-state index contributed by atoms with van der Waals surface area (Å²) in [7, 11) is 0. The summed E-state index contributed by atoms with van der Waals surface area (Å²) >= 11 is 0. The molecule has 1 saturated heterocycles. The van der Waals surface area contributed by atoms with Crippen LogP contribution in [0.5, 0.6) is 5.75 Å². The number of hydrogen-bond acceptors (Lipinski definition) is 4. The molecular formula is C18H17N3O2. The number of carbonyl (C=O) groups is 1. The van der Waals surface area contributed by atoms with Crippen LogP contribution in [-0.2, 0) is 0 Å². The molecule has 3 rings (SSSR count). The first-order valence-corrected chi connectivity index (χ1v) is 7.49. The molecule has 0 atom stereocenters. The van der Waals surface area contributed by atoms with E-state index >= 15 is 0 Å². The minimum absolute atomic E-state index is 0.00503. The highest BCUT2D eigenvalue weighted by Crippen LogP contribution is 2.12. The fraction of sp³-hybridized carbons (Fsp3) is 0.222. The van der Waals surface area contributed by atoms with Gasteiger partial charge < -0.3 is 15.3 Å². The Morgan fingerprint density at radius 3 is 2.74 bits per heavy atom. The summed E-state index contributed by atoms with van der Waals surface area (Å²) < 4.78 is 0. The van der Waals surface area contributed by atoms with Gasteiger partial charge in [-0.05, 0) is 18.2 Å². The van der Waals surface area contributed by atoms with Crippen molar-refractivity contribution in [1.29, 1.82) is 0 Å². The highest BCUT2D eigenvalue weighted by Gasteiger charge is 2.19. The van der Waals surface area contributed by atoms with E-state index in [0.717, 1.165) is 13.1 Å². The van der Waals surface area contributed by atoms with E-state index in [4.69, 9.17) is 0 Å². The lowest BCUT2D eigenvalue weighted by atomic mass is 10.1. The quantitative estimate of drug-likeness (QED) is 0.778. The molecule has 1 fully saturated rings. The lowest BCUT2D eigenvalue weighted by molar-refractivity contribution is 0.0735. The molecule has 0 radical (unpaired) electrons. The number of amides is 1. The minimum atomic E-state index is 0.00503. The first-order chi connectivity index (χ1) is 11.2. The number of nitrogens with zero attached hydrogens (tertiary/aromatic N) is 2. The molecule has 0 unspecified atom stereocenters. The molecule has 1 aliphatic rings. The van der Waals surface area contributed by atoms with Crippen LogP contribution in [0.4, 0.5) is 0 Å². The topological polar surface area (TPSA) is 65.5 Å². The molecule has 2 aromatic rings. The van der Waals surface area contributed by atoms with Crippen molar-refractivity contribution in [3.8, 4) is 17.6 Å². The Hall–Kier alpha value is -2.84. The molecule has 5 nitrogen and oxygen atoms in total. The van der Waals surface area contributed by atoms with Crippen molar-refractivity contribution >= 4 is 5.91 Å². The summed E-state index contributed by atoms with van der Waals surface area (Å²) in [6.45, 7) is 3.04. The van der Waals surface area contributed by atoms with E-state index in [9.17, 15) is 9.90 Å². The number of hydrogen-bond donors (Lipinski definition) is 2. The number of nitrogens with one attached hydrogen (secondary N) is 1. The SMILES string of the molecule is O=C(c1ccccc1C#Cc1cncc(O)c1)N1CCNCC1. The van der Waals surface area contributed by atoms with Crippen LogP contribution in [-0.4, -0.2) is 47.1 Å².